The van der Waals surface area contributed by atoms with Crippen LogP contribution in [0.3, 0.4) is 0 Å². The third kappa shape index (κ3) is 3.31. The number of ether oxygens (including phenoxy) is 1. The molecule has 172 valence electrons. The van der Waals surface area contributed by atoms with Crippen molar-refractivity contribution in [1.29, 1.82) is 0 Å². The molecular formula is C30H26N4O. The SMILES string of the molecule is COc1ccc2c(c1)[nH]c1c(C)nccc12.Cc1c2ccncc2c(C)c2c1[nH]c1ccccc12. The fraction of sp³-hybridized carbons (Fsp3) is 0.133. The summed E-state index contributed by atoms with van der Waals surface area (Å²) < 4.78 is 5.21. The number of aryl methyl sites for hydroxylation is 3. The number of methoxy groups -OCH3 is 1. The molecule has 5 heteroatoms. The molecule has 5 nitrogen and oxygen atoms in total. The van der Waals surface area contributed by atoms with Gasteiger partial charge in [-0.25, -0.2) is 0 Å². The molecule has 3 aromatic carbocycles. The minimum atomic E-state index is 0.865. The number of nitrogens with one attached hydrogen (secondary N) is 2. The zero-order valence-electron chi connectivity index (χ0n) is 20.2. The molecular weight excluding hydrogens is 432 g/mol. The van der Waals surface area contributed by atoms with Gasteiger partial charge in [0.15, 0.2) is 0 Å². The maximum absolute atomic E-state index is 5.21. The molecule has 0 fully saturated rings. The predicted octanol–water partition coefficient (Wildman–Crippen LogP) is 7.52. The normalized spacial score (nSPS) is 11.4. The molecule has 0 unspecified atom stereocenters. The van der Waals surface area contributed by atoms with Gasteiger partial charge in [0.2, 0.25) is 0 Å². The molecule has 2 N–H and O–H groups in total. The monoisotopic (exact) mass is 458 g/mol. The van der Waals surface area contributed by atoms with Crippen LogP contribution in [0.1, 0.15) is 16.8 Å². The van der Waals surface area contributed by atoms with Crippen LogP contribution in [0, 0.1) is 20.8 Å². The third-order valence-electron chi connectivity index (χ3n) is 7.00. The second kappa shape index (κ2) is 8.13. The average Bonchev–Trinajstić information content (AvgIpc) is 3.47. The number of hydrogen-bond donors (Lipinski definition) is 2. The van der Waals surface area contributed by atoms with Crippen molar-refractivity contribution in [3.05, 3.63) is 90.0 Å². The Balaban J connectivity index is 0.000000133. The molecule has 4 aromatic heterocycles. The first-order valence-corrected chi connectivity index (χ1v) is 11.7. The third-order valence-corrected chi connectivity index (χ3v) is 7.00. The van der Waals surface area contributed by atoms with E-state index in [4.69, 9.17) is 4.74 Å². The van der Waals surface area contributed by atoms with Crippen LogP contribution in [0.4, 0.5) is 0 Å². The Hall–Kier alpha value is -4.38. The molecule has 0 saturated carbocycles. The second-order valence-corrected chi connectivity index (χ2v) is 8.95. The Bertz CT molecular complexity index is 1880. The van der Waals surface area contributed by atoms with Crippen LogP contribution < -0.4 is 4.74 Å². The highest BCUT2D eigenvalue weighted by atomic mass is 16.5. The minimum absolute atomic E-state index is 0.865. The number of pyridine rings is 2. The van der Waals surface area contributed by atoms with E-state index in [-0.39, 0.29) is 0 Å². The van der Waals surface area contributed by atoms with Gasteiger partial charge in [-0.15, -0.1) is 0 Å². The van der Waals surface area contributed by atoms with Gasteiger partial charge < -0.3 is 14.7 Å². The summed E-state index contributed by atoms with van der Waals surface area (Å²) in [6, 6.07) is 18.7. The van der Waals surface area contributed by atoms with Crippen LogP contribution in [0.2, 0.25) is 0 Å². The number of hydrogen-bond acceptors (Lipinski definition) is 3. The van der Waals surface area contributed by atoms with Gasteiger partial charge in [0.25, 0.3) is 0 Å². The predicted molar refractivity (Wildman–Crippen MR) is 145 cm³/mol. The molecule has 0 saturated heterocycles. The van der Waals surface area contributed by atoms with E-state index in [1.807, 2.05) is 43.7 Å². The van der Waals surface area contributed by atoms with E-state index in [0.717, 1.165) is 22.5 Å². The van der Waals surface area contributed by atoms with Crippen LogP contribution in [0.5, 0.6) is 5.75 Å². The van der Waals surface area contributed by atoms with Crippen molar-refractivity contribution in [3.63, 3.8) is 0 Å². The van der Waals surface area contributed by atoms with Gasteiger partial charge in [0, 0.05) is 57.1 Å². The summed E-state index contributed by atoms with van der Waals surface area (Å²) >= 11 is 0. The molecule has 0 spiro atoms. The average molecular weight is 459 g/mol. The van der Waals surface area contributed by atoms with Crippen LogP contribution >= 0.6 is 0 Å². The number of para-hydroxylation sites is 1. The van der Waals surface area contributed by atoms with Crippen LogP contribution in [-0.4, -0.2) is 27.0 Å². The summed E-state index contributed by atoms with van der Waals surface area (Å²) in [6.45, 7) is 6.38. The summed E-state index contributed by atoms with van der Waals surface area (Å²) in [4.78, 5) is 15.5. The summed E-state index contributed by atoms with van der Waals surface area (Å²) in [5.41, 5.74) is 8.27. The fourth-order valence-corrected chi connectivity index (χ4v) is 5.17. The molecule has 35 heavy (non-hydrogen) atoms. The van der Waals surface area contributed by atoms with E-state index in [1.54, 1.807) is 7.11 Å². The van der Waals surface area contributed by atoms with Crippen molar-refractivity contribution in [2.45, 2.75) is 20.8 Å². The minimum Gasteiger partial charge on any atom is -0.497 e. The van der Waals surface area contributed by atoms with Crippen molar-refractivity contribution in [2.75, 3.05) is 7.11 Å². The van der Waals surface area contributed by atoms with E-state index in [2.05, 4.69) is 70.2 Å². The molecule has 4 heterocycles. The number of aromatic nitrogens is 4. The summed E-state index contributed by atoms with van der Waals surface area (Å²) in [5.74, 6) is 0.865. The molecule has 7 rings (SSSR count). The van der Waals surface area contributed by atoms with Crippen molar-refractivity contribution < 1.29 is 4.74 Å². The first-order valence-electron chi connectivity index (χ1n) is 11.7. The van der Waals surface area contributed by atoms with E-state index in [1.165, 1.54) is 54.5 Å². The molecule has 7 aromatic rings. The first kappa shape index (κ1) is 21.2. The number of fused-ring (bicyclic) bond motifs is 7. The van der Waals surface area contributed by atoms with Gasteiger partial charge in [-0.3, -0.25) is 9.97 Å². The molecule has 0 aliphatic rings. The zero-order chi connectivity index (χ0) is 24.1. The summed E-state index contributed by atoms with van der Waals surface area (Å²) in [5, 5.41) is 7.58. The number of benzene rings is 3. The first-order chi connectivity index (χ1) is 17.1. The van der Waals surface area contributed by atoms with E-state index < -0.39 is 0 Å². The van der Waals surface area contributed by atoms with Gasteiger partial charge in [-0.05, 0) is 67.6 Å². The largest absolute Gasteiger partial charge is 0.497 e. The maximum atomic E-state index is 5.21. The standard InChI is InChI=1S/C17H14N2.C13H12N2O/c1-10-14-9-18-8-7-12(14)11(2)17-16(10)13-5-3-4-6-15(13)19-17;1-8-13-11(5-6-14-8)10-4-3-9(16-2)7-12(10)15-13/h3-9,19H,1-2H3;3-7,15H,1-2H3. The van der Waals surface area contributed by atoms with E-state index in [0.29, 0.717) is 0 Å². The van der Waals surface area contributed by atoms with Crippen LogP contribution in [-0.2, 0) is 0 Å². The van der Waals surface area contributed by atoms with E-state index in [9.17, 15) is 0 Å². The Morgan fingerprint density at radius 3 is 2.34 bits per heavy atom. The molecule has 0 radical (unpaired) electrons. The Morgan fingerprint density at radius 2 is 1.49 bits per heavy atom. The van der Waals surface area contributed by atoms with Gasteiger partial charge in [-0.2, -0.15) is 0 Å². The summed E-state index contributed by atoms with van der Waals surface area (Å²) in [6.07, 6.45) is 5.68. The van der Waals surface area contributed by atoms with Crippen molar-refractivity contribution in [1.82, 2.24) is 19.9 Å². The van der Waals surface area contributed by atoms with Gasteiger partial charge in [0.1, 0.15) is 5.75 Å². The van der Waals surface area contributed by atoms with Crippen molar-refractivity contribution in [2.24, 2.45) is 0 Å². The number of rotatable bonds is 1. The quantitative estimate of drug-likeness (QED) is 0.267. The lowest BCUT2D eigenvalue weighted by Gasteiger charge is -2.08. The van der Waals surface area contributed by atoms with Gasteiger partial charge >= 0.3 is 0 Å². The lowest BCUT2D eigenvalue weighted by molar-refractivity contribution is 0.415. The smallest absolute Gasteiger partial charge is 0.120 e. The molecule has 0 atom stereocenters. The van der Waals surface area contributed by atoms with Gasteiger partial charge in [-0.1, -0.05) is 18.2 Å². The number of H-pyrrole nitrogens is 2. The Kier molecular flexibility index (Phi) is 4.92. The highest BCUT2D eigenvalue weighted by Crippen LogP contribution is 2.36. The molecule has 0 aliphatic heterocycles. The van der Waals surface area contributed by atoms with Crippen molar-refractivity contribution >= 4 is 54.4 Å². The molecule has 0 bridgehead atoms. The molecule has 0 aliphatic carbocycles. The zero-order valence-corrected chi connectivity index (χ0v) is 20.2. The van der Waals surface area contributed by atoms with E-state index >= 15 is 0 Å². The topological polar surface area (TPSA) is 66.6 Å². The molecule has 0 amide bonds. The lowest BCUT2D eigenvalue weighted by Crippen LogP contribution is -1.87. The van der Waals surface area contributed by atoms with Gasteiger partial charge in [0.05, 0.1) is 29.4 Å². The fourth-order valence-electron chi connectivity index (χ4n) is 5.17. The van der Waals surface area contributed by atoms with Crippen LogP contribution in [0.15, 0.2) is 73.2 Å². The highest BCUT2D eigenvalue weighted by molar-refractivity contribution is 6.16. The maximum Gasteiger partial charge on any atom is 0.120 e. The Labute approximate surface area is 202 Å². The number of aromatic amines is 2. The number of nitrogens with zero attached hydrogens (tertiary/aromatic N) is 2. The highest BCUT2D eigenvalue weighted by Gasteiger charge is 2.13. The summed E-state index contributed by atoms with van der Waals surface area (Å²) in [7, 11) is 1.68. The second-order valence-electron chi connectivity index (χ2n) is 8.95. The lowest BCUT2D eigenvalue weighted by atomic mass is 9.97. The Morgan fingerprint density at radius 1 is 0.686 bits per heavy atom. The van der Waals surface area contributed by atoms with Crippen LogP contribution in [0.25, 0.3) is 54.4 Å². The van der Waals surface area contributed by atoms with Crippen molar-refractivity contribution in [3.8, 4) is 5.75 Å².